The lowest BCUT2D eigenvalue weighted by atomic mass is 9.83. The van der Waals surface area contributed by atoms with Crippen LogP contribution in [0.4, 0.5) is 0 Å². The Morgan fingerprint density at radius 3 is 2.31 bits per heavy atom. The molecule has 32 heavy (non-hydrogen) atoms. The van der Waals surface area contributed by atoms with E-state index >= 15 is 0 Å². The molecule has 1 heterocycles. The number of carbonyl (C=O) groups excluding carboxylic acids is 1. The summed E-state index contributed by atoms with van der Waals surface area (Å²) in [5.41, 5.74) is 3.46. The standard InChI is InChI=1S/C29H43NO2/c1-5-6-7-8-10-13-25-17-19-28(30-21-25)27(18-16-23(2)3)24(4)20-29(31)32-22-26-14-11-9-12-15-26/h9,11-12,14-15,17,19,21,23-24,27H,5-8,10,13,16,18,20,22H2,1-4H3/t24-,27-/m0/s1. The maximum atomic E-state index is 12.5. The van der Waals surface area contributed by atoms with E-state index < -0.39 is 0 Å². The number of pyridine rings is 1. The molecule has 2 aromatic rings. The molecule has 1 aromatic heterocycles. The number of rotatable bonds is 15. The highest BCUT2D eigenvalue weighted by atomic mass is 16.5. The quantitative estimate of drug-likeness (QED) is 0.210. The zero-order valence-corrected chi connectivity index (χ0v) is 20.7. The van der Waals surface area contributed by atoms with E-state index in [2.05, 4.69) is 46.0 Å². The summed E-state index contributed by atoms with van der Waals surface area (Å²) >= 11 is 0. The number of unbranched alkanes of at least 4 members (excludes halogenated alkanes) is 4. The molecule has 0 aliphatic carbocycles. The fourth-order valence-corrected chi connectivity index (χ4v) is 4.17. The lowest BCUT2D eigenvalue weighted by Crippen LogP contribution is -2.18. The summed E-state index contributed by atoms with van der Waals surface area (Å²) in [6.07, 6.45) is 12.3. The van der Waals surface area contributed by atoms with Crippen LogP contribution in [0.15, 0.2) is 48.7 Å². The second-order valence-corrected chi connectivity index (χ2v) is 9.66. The Morgan fingerprint density at radius 1 is 0.906 bits per heavy atom. The molecular weight excluding hydrogens is 394 g/mol. The van der Waals surface area contributed by atoms with Gasteiger partial charge in [-0.15, -0.1) is 0 Å². The first kappa shape index (κ1) is 26.1. The third-order valence-electron chi connectivity index (χ3n) is 6.27. The summed E-state index contributed by atoms with van der Waals surface area (Å²) in [6.45, 7) is 9.27. The normalized spacial score (nSPS) is 13.2. The van der Waals surface area contributed by atoms with Crippen molar-refractivity contribution in [1.82, 2.24) is 4.98 Å². The zero-order valence-electron chi connectivity index (χ0n) is 20.7. The summed E-state index contributed by atoms with van der Waals surface area (Å²) < 4.78 is 5.54. The van der Waals surface area contributed by atoms with Crippen LogP contribution in [0.3, 0.4) is 0 Å². The van der Waals surface area contributed by atoms with Crippen LogP contribution in [0, 0.1) is 11.8 Å². The predicted molar refractivity (Wildman–Crippen MR) is 134 cm³/mol. The highest BCUT2D eigenvalue weighted by molar-refractivity contribution is 5.69. The van der Waals surface area contributed by atoms with Gasteiger partial charge in [0.15, 0.2) is 0 Å². The van der Waals surface area contributed by atoms with Crippen LogP contribution in [0.1, 0.15) is 102 Å². The Balaban J connectivity index is 1.92. The third-order valence-corrected chi connectivity index (χ3v) is 6.27. The number of nitrogens with zero attached hydrogens (tertiary/aromatic N) is 1. The molecule has 0 aliphatic heterocycles. The van der Waals surface area contributed by atoms with Crippen LogP contribution in [0.5, 0.6) is 0 Å². The molecule has 0 bridgehead atoms. The number of benzene rings is 1. The molecule has 0 N–H and O–H groups in total. The van der Waals surface area contributed by atoms with E-state index in [4.69, 9.17) is 9.72 Å². The van der Waals surface area contributed by atoms with Crippen LogP contribution in [-0.4, -0.2) is 11.0 Å². The Kier molecular flexibility index (Phi) is 12.1. The van der Waals surface area contributed by atoms with Crippen molar-refractivity contribution >= 4 is 5.97 Å². The average molecular weight is 438 g/mol. The minimum absolute atomic E-state index is 0.125. The largest absolute Gasteiger partial charge is 0.461 e. The van der Waals surface area contributed by atoms with Crippen LogP contribution < -0.4 is 0 Å². The molecule has 2 atom stereocenters. The molecule has 0 amide bonds. The monoisotopic (exact) mass is 437 g/mol. The molecule has 0 spiro atoms. The van der Waals surface area contributed by atoms with Crippen molar-refractivity contribution in [3.63, 3.8) is 0 Å². The summed E-state index contributed by atoms with van der Waals surface area (Å²) in [7, 11) is 0. The van der Waals surface area contributed by atoms with Crippen molar-refractivity contribution in [2.45, 2.75) is 98.0 Å². The fourth-order valence-electron chi connectivity index (χ4n) is 4.17. The SMILES string of the molecule is CCCCCCCc1ccc([C@@H](CCC(C)C)[C@@H](C)CC(=O)OCc2ccccc2)nc1. The number of hydrogen-bond acceptors (Lipinski definition) is 3. The van der Waals surface area contributed by atoms with E-state index in [0.717, 1.165) is 30.5 Å². The van der Waals surface area contributed by atoms with Crippen molar-refractivity contribution in [3.05, 3.63) is 65.5 Å². The van der Waals surface area contributed by atoms with E-state index in [0.29, 0.717) is 18.9 Å². The number of ether oxygens (including phenoxy) is 1. The number of hydrogen-bond donors (Lipinski definition) is 0. The van der Waals surface area contributed by atoms with Gasteiger partial charge in [0.2, 0.25) is 0 Å². The highest BCUT2D eigenvalue weighted by Crippen LogP contribution is 2.32. The van der Waals surface area contributed by atoms with Gasteiger partial charge in [-0.25, -0.2) is 0 Å². The fraction of sp³-hybridized carbons (Fsp3) is 0.586. The average Bonchev–Trinajstić information content (AvgIpc) is 2.79. The van der Waals surface area contributed by atoms with Crippen molar-refractivity contribution in [2.75, 3.05) is 0 Å². The van der Waals surface area contributed by atoms with Gasteiger partial charge in [0.1, 0.15) is 6.61 Å². The maximum Gasteiger partial charge on any atom is 0.306 e. The summed E-state index contributed by atoms with van der Waals surface area (Å²) in [6, 6.07) is 14.3. The van der Waals surface area contributed by atoms with Crippen molar-refractivity contribution in [3.8, 4) is 0 Å². The molecule has 1 aromatic carbocycles. The molecule has 0 saturated heterocycles. The minimum Gasteiger partial charge on any atom is -0.461 e. The molecule has 2 rings (SSSR count). The molecule has 0 saturated carbocycles. The molecule has 3 nitrogen and oxygen atoms in total. The first-order valence-electron chi connectivity index (χ1n) is 12.6. The maximum absolute atomic E-state index is 12.5. The van der Waals surface area contributed by atoms with Crippen LogP contribution in [0.25, 0.3) is 0 Å². The van der Waals surface area contributed by atoms with Crippen molar-refractivity contribution in [1.29, 1.82) is 0 Å². The van der Waals surface area contributed by atoms with E-state index in [1.54, 1.807) is 0 Å². The van der Waals surface area contributed by atoms with Gasteiger partial charge in [0, 0.05) is 24.2 Å². The predicted octanol–water partition coefficient (Wildman–Crippen LogP) is 7.88. The van der Waals surface area contributed by atoms with Gasteiger partial charge in [-0.2, -0.15) is 0 Å². The lowest BCUT2D eigenvalue weighted by Gasteiger charge is -2.24. The molecular formula is C29H43NO2. The second kappa shape index (κ2) is 14.8. The van der Waals surface area contributed by atoms with Crippen LogP contribution >= 0.6 is 0 Å². The number of carbonyl (C=O) groups is 1. The first-order chi connectivity index (χ1) is 15.5. The van der Waals surface area contributed by atoms with Gasteiger partial charge in [-0.3, -0.25) is 9.78 Å². The minimum atomic E-state index is -0.125. The van der Waals surface area contributed by atoms with Gasteiger partial charge in [-0.05, 0) is 48.3 Å². The molecule has 0 unspecified atom stereocenters. The Morgan fingerprint density at radius 2 is 1.66 bits per heavy atom. The van der Waals surface area contributed by atoms with E-state index in [9.17, 15) is 4.79 Å². The molecule has 0 aliphatic rings. The van der Waals surface area contributed by atoms with Gasteiger partial charge in [0.25, 0.3) is 0 Å². The second-order valence-electron chi connectivity index (χ2n) is 9.66. The number of esters is 1. The van der Waals surface area contributed by atoms with E-state index in [1.807, 2.05) is 30.3 Å². The van der Waals surface area contributed by atoms with Crippen LogP contribution in [-0.2, 0) is 22.6 Å². The van der Waals surface area contributed by atoms with Gasteiger partial charge >= 0.3 is 5.97 Å². The molecule has 0 fully saturated rings. The summed E-state index contributed by atoms with van der Waals surface area (Å²) in [4.78, 5) is 17.3. The van der Waals surface area contributed by atoms with Crippen molar-refractivity contribution < 1.29 is 9.53 Å². The Hall–Kier alpha value is -2.16. The zero-order chi connectivity index (χ0) is 23.2. The molecule has 176 valence electrons. The smallest absolute Gasteiger partial charge is 0.306 e. The number of aryl methyl sites for hydroxylation is 1. The third kappa shape index (κ3) is 9.97. The highest BCUT2D eigenvalue weighted by Gasteiger charge is 2.24. The van der Waals surface area contributed by atoms with Gasteiger partial charge < -0.3 is 4.74 Å². The van der Waals surface area contributed by atoms with Crippen molar-refractivity contribution in [2.24, 2.45) is 11.8 Å². The topological polar surface area (TPSA) is 39.2 Å². The molecule has 0 radical (unpaired) electrons. The lowest BCUT2D eigenvalue weighted by molar-refractivity contribution is -0.146. The Bertz CT molecular complexity index is 754. The summed E-state index contributed by atoms with van der Waals surface area (Å²) in [5, 5.41) is 0. The first-order valence-corrected chi connectivity index (χ1v) is 12.6. The van der Waals surface area contributed by atoms with E-state index in [-0.39, 0.29) is 17.8 Å². The van der Waals surface area contributed by atoms with E-state index in [1.165, 1.54) is 37.7 Å². The van der Waals surface area contributed by atoms with Crippen LogP contribution in [0.2, 0.25) is 0 Å². The summed E-state index contributed by atoms with van der Waals surface area (Å²) in [5.74, 6) is 0.987. The number of aromatic nitrogens is 1. The van der Waals surface area contributed by atoms with Gasteiger partial charge in [0.05, 0.1) is 0 Å². The molecule has 3 heteroatoms. The van der Waals surface area contributed by atoms with Gasteiger partial charge in [-0.1, -0.05) is 96.2 Å². The Labute approximate surface area is 196 Å².